The van der Waals surface area contributed by atoms with E-state index < -0.39 is 6.04 Å². The molecular formula is C17H21N3O2. The van der Waals surface area contributed by atoms with E-state index in [-0.39, 0.29) is 11.8 Å². The number of likely N-dealkylation sites (tertiary alicyclic amines) is 1. The van der Waals surface area contributed by atoms with Crippen LogP contribution in [0.15, 0.2) is 24.3 Å². The van der Waals surface area contributed by atoms with Crippen LogP contribution in [0, 0.1) is 18.3 Å². The topological polar surface area (TPSA) is 73.2 Å². The molecule has 116 valence electrons. The number of unbranched alkanes of at least 4 members (excludes halogenated alkanes) is 1. The molecule has 5 nitrogen and oxygen atoms in total. The molecule has 2 rings (SSSR count). The third kappa shape index (κ3) is 4.08. The molecule has 0 radical (unpaired) electrons. The monoisotopic (exact) mass is 299 g/mol. The van der Waals surface area contributed by atoms with Gasteiger partial charge >= 0.3 is 0 Å². The third-order valence-corrected chi connectivity index (χ3v) is 3.87. The lowest BCUT2D eigenvalue weighted by Gasteiger charge is -2.24. The number of nitrogens with zero attached hydrogens (tertiary/aromatic N) is 2. The molecule has 5 heteroatoms. The summed E-state index contributed by atoms with van der Waals surface area (Å²) in [6.45, 7) is 2.97. The van der Waals surface area contributed by atoms with Crippen molar-refractivity contribution in [2.24, 2.45) is 0 Å². The van der Waals surface area contributed by atoms with Crippen LogP contribution in [0.1, 0.15) is 36.8 Å². The fourth-order valence-electron chi connectivity index (χ4n) is 2.59. The van der Waals surface area contributed by atoms with Gasteiger partial charge in [0.25, 0.3) is 0 Å². The fraction of sp³-hybridized carbons (Fsp3) is 0.471. The van der Waals surface area contributed by atoms with E-state index in [0.29, 0.717) is 38.8 Å². The molecule has 1 fully saturated rings. The van der Waals surface area contributed by atoms with Crippen LogP contribution in [0.5, 0.6) is 0 Å². The summed E-state index contributed by atoms with van der Waals surface area (Å²) in [5.74, 6) is -0.0892. The number of hydrogen-bond donors (Lipinski definition) is 1. The maximum absolute atomic E-state index is 12.2. The first-order chi connectivity index (χ1) is 10.6. The molecule has 1 aromatic rings. The van der Waals surface area contributed by atoms with Crippen LogP contribution in [0.25, 0.3) is 0 Å². The van der Waals surface area contributed by atoms with Crippen LogP contribution in [0.3, 0.4) is 0 Å². The summed E-state index contributed by atoms with van der Waals surface area (Å²) in [4.78, 5) is 25.9. The first-order valence-electron chi connectivity index (χ1n) is 7.61. The summed E-state index contributed by atoms with van der Waals surface area (Å²) in [5.41, 5.74) is 2.20. The van der Waals surface area contributed by atoms with Crippen LogP contribution >= 0.6 is 0 Å². The number of rotatable bonds is 6. The van der Waals surface area contributed by atoms with Crippen LogP contribution in [0.2, 0.25) is 0 Å². The number of hydrogen-bond acceptors (Lipinski definition) is 3. The molecule has 0 aromatic heterocycles. The Morgan fingerprint density at radius 3 is 2.82 bits per heavy atom. The van der Waals surface area contributed by atoms with E-state index >= 15 is 0 Å². The molecule has 0 aliphatic carbocycles. The van der Waals surface area contributed by atoms with Crippen LogP contribution in [-0.4, -0.2) is 29.3 Å². The Kier molecular flexibility index (Phi) is 5.54. The highest BCUT2D eigenvalue weighted by molar-refractivity contribution is 5.90. The lowest BCUT2D eigenvalue weighted by Crippen LogP contribution is -2.44. The summed E-state index contributed by atoms with van der Waals surface area (Å²) in [6, 6.07) is 9.65. The van der Waals surface area contributed by atoms with Crippen molar-refractivity contribution in [2.45, 2.75) is 45.2 Å². The Balaban J connectivity index is 1.95. The number of aryl methyl sites for hydroxylation is 1. The summed E-state index contributed by atoms with van der Waals surface area (Å²) in [7, 11) is 0. The standard InChI is InChI=1S/C17H21N3O2/c1-13-4-6-14(7-5-13)12-20-15(8-9-16(20)21)17(22)19-11-3-2-10-18/h4-7,15H,2-3,8-9,11-12H2,1H3,(H,19,22)/t15-/m1/s1. The Labute approximate surface area is 130 Å². The number of amides is 2. The zero-order valence-electron chi connectivity index (χ0n) is 12.8. The van der Waals surface area contributed by atoms with Gasteiger partial charge in [-0.1, -0.05) is 29.8 Å². The Morgan fingerprint density at radius 2 is 2.14 bits per heavy atom. The highest BCUT2D eigenvalue weighted by atomic mass is 16.2. The van der Waals surface area contributed by atoms with Crippen molar-refractivity contribution < 1.29 is 9.59 Å². The van der Waals surface area contributed by atoms with Crippen LogP contribution < -0.4 is 5.32 Å². The van der Waals surface area contributed by atoms with E-state index in [1.165, 1.54) is 5.56 Å². The maximum atomic E-state index is 12.2. The second-order valence-electron chi connectivity index (χ2n) is 5.61. The molecule has 1 aliphatic heterocycles. The normalized spacial score (nSPS) is 17.4. The summed E-state index contributed by atoms with van der Waals surface area (Å²) >= 11 is 0. The molecule has 1 aliphatic rings. The number of nitrogens with one attached hydrogen (secondary N) is 1. The molecular weight excluding hydrogens is 278 g/mol. The predicted molar refractivity (Wildman–Crippen MR) is 82.6 cm³/mol. The van der Waals surface area contributed by atoms with Crippen molar-refractivity contribution in [3.63, 3.8) is 0 Å². The van der Waals surface area contributed by atoms with E-state index in [0.717, 1.165) is 5.56 Å². The second kappa shape index (κ2) is 7.60. The molecule has 1 saturated heterocycles. The van der Waals surface area contributed by atoms with Gasteiger partial charge in [0, 0.05) is 25.9 Å². The number of nitriles is 1. The maximum Gasteiger partial charge on any atom is 0.242 e. The molecule has 1 N–H and O–H groups in total. The minimum Gasteiger partial charge on any atom is -0.354 e. The van der Waals surface area contributed by atoms with E-state index in [1.807, 2.05) is 37.3 Å². The van der Waals surface area contributed by atoms with E-state index in [9.17, 15) is 9.59 Å². The lowest BCUT2D eigenvalue weighted by molar-refractivity contribution is -0.135. The predicted octanol–water partition coefficient (Wildman–Crippen LogP) is 1.91. The zero-order chi connectivity index (χ0) is 15.9. The number of carbonyl (C=O) groups is 2. The van der Waals surface area contributed by atoms with Gasteiger partial charge in [-0.05, 0) is 25.3 Å². The number of carbonyl (C=O) groups excluding carboxylic acids is 2. The molecule has 0 unspecified atom stereocenters. The Hall–Kier alpha value is -2.35. The average Bonchev–Trinajstić information content (AvgIpc) is 2.87. The van der Waals surface area contributed by atoms with Crippen LogP contribution in [0.4, 0.5) is 0 Å². The Morgan fingerprint density at radius 1 is 1.41 bits per heavy atom. The minimum absolute atomic E-state index is 0.0257. The third-order valence-electron chi connectivity index (χ3n) is 3.87. The molecule has 0 saturated carbocycles. The highest BCUT2D eigenvalue weighted by Crippen LogP contribution is 2.22. The van der Waals surface area contributed by atoms with Gasteiger partial charge in [-0.2, -0.15) is 5.26 Å². The first kappa shape index (κ1) is 16.0. The molecule has 0 spiro atoms. The molecule has 1 atom stereocenters. The number of benzene rings is 1. The van der Waals surface area contributed by atoms with Crippen LogP contribution in [-0.2, 0) is 16.1 Å². The molecule has 0 bridgehead atoms. The quantitative estimate of drug-likeness (QED) is 0.815. The van der Waals surface area contributed by atoms with E-state index in [4.69, 9.17) is 5.26 Å². The van der Waals surface area contributed by atoms with Crippen molar-refractivity contribution in [3.05, 3.63) is 35.4 Å². The summed E-state index contributed by atoms with van der Waals surface area (Å²) in [5, 5.41) is 11.3. The van der Waals surface area contributed by atoms with Crippen molar-refractivity contribution in [3.8, 4) is 6.07 Å². The van der Waals surface area contributed by atoms with Gasteiger partial charge in [-0.3, -0.25) is 9.59 Å². The van der Waals surface area contributed by atoms with Gasteiger partial charge in [-0.15, -0.1) is 0 Å². The van der Waals surface area contributed by atoms with Gasteiger partial charge in [-0.25, -0.2) is 0 Å². The first-order valence-corrected chi connectivity index (χ1v) is 7.61. The highest BCUT2D eigenvalue weighted by Gasteiger charge is 2.35. The van der Waals surface area contributed by atoms with Crippen molar-refractivity contribution >= 4 is 11.8 Å². The average molecular weight is 299 g/mol. The smallest absolute Gasteiger partial charge is 0.242 e. The second-order valence-corrected chi connectivity index (χ2v) is 5.61. The molecule has 1 heterocycles. The molecule has 1 aromatic carbocycles. The van der Waals surface area contributed by atoms with Crippen molar-refractivity contribution in [2.75, 3.05) is 6.54 Å². The van der Waals surface area contributed by atoms with Gasteiger partial charge < -0.3 is 10.2 Å². The molecule has 22 heavy (non-hydrogen) atoms. The zero-order valence-corrected chi connectivity index (χ0v) is 12.8. The Bertz CT molecular complexity index is 575. The van der Waals surface area contributed by atoms with Gasteiger partial charge in [0.2, 0.25) is 11.8 Å². The van der Waals surface area contributed by atoms with Gasteiger partial charge in [0.05, 0.1) is 6.07 Å². The van der Waals surface area contributed by atoms with Crippen molar-refractivity contribution in [1.82, 2.24) is 10.2 Å². The summed E-state index contributed by atoms with van der Waals surface area (Å²) < 4.78 is 0. The lowest BCUT2D eigenvalue weighted by atomic mass is 10.1. The minimum atomic E-state index is -0.393. The van der Waals surface area contributed by atoms with Gasteiger partial charge in [0.1, 0.15) is 6.04 Å². The largest absolute Gasteiger partial charge is 0.354 e. The van der Waals surface area contributed by atoms with Gasteiger partial charge in [0.15, 0.2) is 0 Å². The van der Waals surface area contributed by atoms with E-state index in [1.54, 1.807) is 4.90 Å². The summed E-state index contributed by atoms with van der Waals surface area (Å²) in [6.07, 6.45) is 2.05. The van der Waals surface area contributed by atoms with Crippen molar-refractivity contribution in [1.29, 1.82) is 5.26 Å². The fourth-order valence-corrected chi connectivity index (χ4v) is 2.59. The SMILES string of the molecule is Cc1ccc(CN2C(=O)CC[C@@H]2C(=O)NCCCC#N)cc1. The molecule has 2 amide bonds. The van der Waals surface area contributed by atoms with E-state index in [2.05, 4.69) is 5.32 Å².